The van der Waals surface area contributed by atoms with Crippen molar-refractivity contribution in [3.05, 3.63) is 59.4 Å². The number of halogens is 3. The highest BCUT2D eigenvalue weighted by atomic mass is 19.4. The third-order valence-corrected chi connectivity index (χ3v) is 3.26. The Balaban J connectivity index is 2.12. The Labute approximate surface area is 122 Å². The van der Waals surface area contributed by atoms with Crippen molar-refractivity contribution < 1.29 is 13.2 Å². The fourth-order valence-electron chi connectivity index (χ4n) is 2.10. The van der Waals surface area contributed by atoms with Gasteiger partial charge in [0.05, 0.1) is 5.56 Å². The Morgan fingerprint density at radius 3 is 2.52 bits per heavy atom. The number of likely N-dealkylation sites (N-methyl/N-ethyl adjacent to an activating group) is 1. The molecule has 2 nitrogen and oxygen atoms in total. The van der Waals surface area contributed by atoms with Crippen LogP contribution in [-0.2, 0) is 12.6 Å². The van der Waals surface area contributed by atoms with Gasteiger partial charge in [-0.15, -0.1) is 0 Å². The lowest BCUT2D eigenvalue weighted by atomic mass is 10.1. The van der Waals surface area contributed by atoms with Crippen molar-refractivity contribution in [1.29, 1.82) is 0 Å². The first-order valence-electron chi connectivity index (χ1n) is 6.66. The van der Waals surface area contributed by atoms with Crippen LogP contribution in [0.25, 0.3) is 0 Å². The highest BCUT2D eigenvalue weighted by Gasteiger charge is 2.31. The quantitative estimate of drug-likeness (QED) is 0.844. The van der Waals surface area contributed by atoms with Crippen LogP contribution in [0.1, 0.15) is 16.8 Å². The number of aryl methyl sites for hydroxylation is 1. The van der Waals surface area contributed by atoms with Crippen molar-refractivity contribution in [2.24, 2.45) is 0 Å². The van der Waals surface area contributed by atoms with Crippen LogP contribution in [0, 0.1) is 6.92 Å². The Kier molecular flexibility index (Phi) is 4.50. The van der Waals surface area contributed by atoms with Crippen molar-refractivity contribution in [2.75, 3.05) is 18.5 Å². The van der Waals surface area contributed by atoms with Crippen LogP contribution in [0.5, 0.6) is 0 Å². The second-order valence-corrected chi connectivity index (χ2v) is 5.05. The number of hydrogen-bond donors (Lipinski definition) is 0. The molecule has 0 spiro atoms. The molecule has 0 aliphatic rings. The van der Waals surface area contributed by atoms with Gasteiger partial charge in [0.15, 0.2) is 0 Å². The molecule has 0 bridgehead atoms. The molecule has 0 aliphatic heterocycles. The van der Waals surface area contributed by atoms with Crippen LogP contribution in [0.3, 0.4) is 0 Å². The molecule has 0 atom stereocenters. The van der Waals surface area contributed by atoms with Gasteiger partial charge in [0.1, 0.15) is 0 Å². The van der Waals surface area contributed by atoms with E-state index in [-0.39, 0.29) is 0 Å². The van der Waals surface area contributed by atoms with Gasteiger partial charge in [0.25, 0.3) is 0 Å². The highest BCUT2D eigenvalue weighted by molar-refractivity contribution is 5.51. The summed E-state index contributed by atoms with van der Waals surface area (Å²) in [6.07, 6.45) is -1.92. The standard InChI is InChI=1S/C16H17F3N2/c1-12-9-13(16(17,18)19)11-15(10-12)21(2)8-6-14-5-3-4-7-20-14/h3-5,7,9-11H,6,8H2,1-2H3. The average Bonchev–Trinajstić information content (AvgIpc) is 2.44. The van der Waals surface area contributed by atoms with Gasteiger partial charge in [-0.3, -0.25) is 4.98 Å². The lowest BCUT2D eigenvalue weighted by Crippen LogP contribution is -2.21. The molecule has 0 saturated heterocycles. The van der Waals surface area contributed by atoms with Crippen molar-refractivity contribution in [3.8, 4) is 0 Å². The third-order valence-electron chi connectivity index (χ3n) is 3.26. The molecule has 21 heavy (non-hydrogen) atoms. The average molecular weight is 294 g/mol. The molecule has 1 heterocycles. The first-order chi connectivity index (χ1) is 9.86. The summed E-state index contributed by atoms with van der Waals surface area (Å²) >= 11 is 0. The second-order valence-electron chi connectivity index (χ2n) is 5.05. The van der Waals surface area contributed by atoms with Gasteiger partial charge < -0.3 is 4.90 Å². The zero-order chi connectivity index (χ0) is 15.5. The van der Waals surface area contributed by atoms with E-state index in [1.807, 2.05) is 23.1 Å². The molecular weight excluding hydrogens is 277 g/mol. The van der Waals surface area contributed by atoms with E-state index in [1.165, 1.54) is 6.07 Å². The molecule has 1 aromatic carbocycles. The van der Waals surface area contributed by atoms with Gasteiger partial charge in [-0.25, -0.2) is 0 Å². The molecule has 2 rings (SSSR count). The van der Waals surface area contributed by atoms with Crippen LogP contribution in [0.2, 0.25) is 0 Å². The number of alkyl halides is 3. The number of aromatic nitrogens is 1. The van der Waals surface area contributed by atoms with Gasteiger partial charge in [-0.1, -0.05) is 6.07 Å². The fraction of sp³-hybridized carbons (Fsp3) is 0.312. The van der Waals surface area contributed by atoms with Crippen molar-refractivity contribution in [3.63, 3.8) is 0 Å². The zero-order valence-corrected chi connectivity index (χ0v) is 12.0. The largest absolute Gasteiger partial charge is 0.416 e. The lowest BCUT2D eigenvalue weighted by Gasteiger charge is -2.21. The number of nitrogens with zero attached hydrogens (tertiary/aromatic N) is 2. The van der Waals surface area contributed by atoms with Crippen LogP contribution in [0.15, 0.2) is 42.6 Å². The topological polar surface area (TPSA) is 16.1 Å². The van der Waals surface area contributed by atoms with Crippen LogP contribution >= 0.6 is 0 Å². The smallest absolute Gasteiger partial charge is 0.374 e. The van der Waals surface area contributed by atoms with Crippen LogP contribution in [-0.4, -0.2) is 18.6 Å². The summed E-state index contributed by atoms with van der Waals surface area (Å²) < 4.78 is 38.5. The minimum absolute atomic E-state index is 0.568. The monoisotopic (exact) mass is 294 g/mol. The van der Waals surface area contributed by atoms with Crippen molar-refractivity contribution >= 4 is 5.69 Å². The molecule has 0 fully saturated rings. The lowest BCUT2D eigenvalue weighted by molar-refractivity contribution is -0.137. The Bertz CT molecular complexity index is 594. The number of benzene rings is 1. The predicted molar refractivity (Wildman–Crippen MR) is 77.4 cm³/mol. The van der Waals surface area contributed by atoms with E-state index >= 15 is 0 Å². The van der Waals surface area contributed by atoms with Gasteiger partial charge >= 0.3 is 6.18 Å². The summed E-state index contributed by atoms with van der Waals surface area (Å²) in [5.41, 5.74) is 1.48. The summed E-state index contributed by atoms with van der Waals surface area (Å²) in [5, 5.41) is 0. The molecule has 0 saturated carbocycles. The van der Waals surface area contributed by atoms with E-state index in [0.717, 1.165) is 11.8 Å². The second kappa shape index (κ2) is 6.16. The first-order valence-corrected chi connectivity index (χ1v) is 6.66. The van der Waals surface area contributed by atoms with Crippen LogP contribution < -0.4 is 4.90 Å². The number of hydrogen-bond acceptors (Lipinski definition) is 2. The van der Waals surface area contributed by atoms with E-state index in [2.05, 4.69) is 4.98 Å². The third kappa shape index (κ3) is 4.21. The Morgan fingerprint density at radius 1 is 1.14 bits per heavy atom. The predicted octanol–water partition coefficient (Wildman–Crippen LogP) is 4.09. The van der Waals surface area contributed by atoms with E-state index < -0.39 is 11.7 Å². The van der Waals surface area contributed by atoms with E-state index in [4.69, 9.17) is 0 Å². The maximum absolute atomic E-state index is 12.8. The van der Waals surface area contributed by atoms with E-state index in [1.54, 1.807) is 26.2 Å². The van der Waals surface area contributed by atoms with Crippen molar-refractivity contribution in [1.82, 2.24) is 4.98 Å². The molecule has 0 unspecified atom stereocenters. The van der Waals surface area contributed by atoms with Gasteiger partial charge in [0, 0.05) is 37.6 Å². The molecule has 5 heteroatoms. The summed E-state index contributed by atoms with van der Waals surface area (Å²) in [4.78, 5) is 6.03. The Morgan fingerprint density at radius 2 is 1.90 bits per heavy atom. The normalized spacial score (nSPS) is 11.5. The molecule has 1 aromatic heterocycles. The molecule has 0 N–H and O–H groups in total. The maximum atomic E-state index is 12.8. The summed E-state index contributed by atoms with van der Waals surface area (Å²) in [6.45, 7) is 2.28. The Hall–Kier alpha value is -2.04. The van der Waals surface area contributed by atoms with Gasteiger partial charge in [-0.05, 0) is 42.8 Å². The van der Waals surface area contributed by atoms with E-state index in [9.17, 15) is 13.2 Å². The van der Waals surface area contributed by atoms with Crippen LogP contribution in [0.4, 0.5) is 18.9 Å². The summed E-state index contributed by atoms with van der Waals surface area (Å²) in [5.74, 6) is 0. The SMILES string of the molecule is Cc1cc(N(C)CCc2ccccn2)cc(C(F)(F)F)c1. The molecule has 0 aliphatic carbocycles. The van der Waals surface area contributed by atoms with Crippen molar-refractivity contribution in [2.45, 2.75) is 19.5 Å². The molecular formula is C16H17F3N2. The fourth-order valence-corrected chi connectivity index (χ4v) is 2.10. The summed E-state index contributed by atoms with van der Waals surface area (Å²) in [7, 11) is 1.79. The zero-order valence-electron chi connectivity index (χ0n) is 12.0. The first kappa shape index (κ1) is 15.4. The molecule has 2 aromatic rings. The summed E-state index contributed by atoms with van der Waals surface area (Å²) in [6, 6.07) is 9.75. The minimum atomic E-state index is -4.32. The maximum Gasteiger partial charge on any atom is 0.416 e. The van der Waals surface area contributed by atoms with Gasteiger partial charge in [0.2, 0.25) is 0 Å². The number of anilines is 1. The number of pyridine rings is 1. The van der Waals surface area contributed by atoms with E-state index in [0.29, 0.717) is 24.2 Å². The molecule has 0 radical (unpaired) electrons. The minimum Gasteiger partial charge on any atom is -0.374 e. The molecule has 0 amide bonds. The highest BCUT2D eigenvalue weighted by Crippen LogP contribution is 2.32. The number of rotatable bonds is 4. The molecule has 112 valence electrons. The van der Waals surface area contributed by atoms with Gasteiger partial charge in [-0.2, -0.15) is 13.2 Å².